The summed E-state index contributed by atoms with van der Waals surface area (Å²) < 4.78 is 51.4. The van der Waals surface area contributed by atoms with E-state index in [1.165, 1.54) is 0 Å². The molecule has 0 bridgehead atoms. The summed E-state index contributed by atoms with van der Waals surface area (Å²) in [4.78, 5) is 3.38. The van der Waals surface area contributed by atoms with E-state index in [1.54, 1.807) is 24.0 Å². The number of hydrogen-bond acceptors (Lipinski definition) is 4. The Labute approximate surface area is 156 Å². The van der Waals surface area contributed by atoms with Gasteiger partial charge in [0.25, 0.3) is 0 Å². The first kappa shape index (κ1) is 21.9. The van der Waals surface area contributed by atoms with Gasteiger partial charge in [0.2, 0.25) is 0 Å². The molecule has 0 aromatic rings. The van der Waals surface area contributed by atoms with Crippen LogP contribution in [0, 0.1) is 5.92 Å². The highest BCUT2D eigenvalue weighted by atomic mass is 19.4. The molecule has 7 heteroatoms. The smallest absolute Gasteiger partial charge is 0.381 e. The van der Waals surface area contributed by atoms with Gasteiger partial charge in [-0.25, -0.2) is 0 Å². The zero-order valence-corrected chi connectivity index (χ0v) is 16.8. The maximum atomic E-state index is 13.3. The molecule has 1 saturated heterocycles. The highest BCUT2D eigenvalue weighted by Gasteiger charge is 2.45. The van der Waals surface area contributed by atoms with Crippen LogP contribution in [-0.2, 0) is 9.47 Å². The van der Waals surface area contributed by atoms with Gasteiger partial charge in [-0.1, -0.05) is 6.92 Å². The number of hydrogen-bond donors (Lipinski definition) is 0. The van der Waals surface area contributed by atoms with Gasteiger partial charge in [-0.15, -0.1) is 0 Å². The number of alkyl halides is 3. The number of halogens is 3. The topological polar surface area (TPSA) is 24.9 Å². The average molecular weight is 380 g/mol. The summed E-state index contributed by atoms with van der Waals surface area (Å²) in [5, 5.41) is 0. The van der Waals surface area contributed by atoms with Crippen LogP contribution in [0.1, 0.15) is 46.5 Å². The van der Waals surface area contributed by atoms with Crippen molar-refractivity contribution in [3.05, 3.63) is 0 Å². The van der Waals surface area contributed by atoms with Crippen molar-refractivity contribution in [3.63, 3.8) is 0 Å². The molecule has 26 heavy (non-hydrogen) atoms. The maximum absolute atomic E-state index is 13.3. The van der Waals surface area contributed by atoms with Gasteiger partial charge in [0.1, 0.15) is 6.04 Å². The van der Waals surface area contributed by atoms with Crippen molar-refractivity contribution in [2.24, 2.45) is 5.92 Å². The van der Waals surface area contributed by atoms with Gasteiger partial charge in [-0.3, -0.25) is 4.90 Å². The van der Waals surface area contributed by atoms with Crippen molar-refractivity contribution in [1.29, 1.82) is 0 Å². The largest absolute Gasteiger partial charge is 0.405 e. The van der Waals surface area contributed by atoms with Crippen molar-refractivity contribution in [2.45, 2.75) is 76.5 Å². The number of ether oxygens (including phenoxy) is 2. The van der Waals surface area contributed by atoms with Crippen molar-refractivity contribution in [3.8, 4) is 0 Å². The normalized spacial score (nSPS) is 30.2. The number of likely N-dealkylation sites (N-methyl/N-ethyl adjacent to an activating group) is 1. The van der Waals surface area contributed by atoms with Crippen LogP contribution in [0.4, 0.5) is 13.2 Å². The second kappa shape index (κ2) is 8.76. The van der Waals surface area contributed by atoms with Crippen LogP contribution in [0.25, 0.3) is 0 Å². The van der Waals surface area contributed by atoms with Crippen LogP contribution in [-0.4, -0.2) is 80.2 Å². The monoisotopic (exact) mass is 380 g/mol. The minimum absolute atomic E-state index is 0.0643. The predicted octanol–water partition coefficient (Wildman–Crippen LogP) is 3.55. The Morgan fingerprint density at radius 1 is 1.12 bits per heavy atom. The van der Waals surface area contributed by atoms with E-state index < -0.39 is 12.2 Å². The van der Waals surface area contributed by atoms with Gasteiger partial charge < -0.3 is 14.4 Å². The highest BCUT2D eigenvalue weighted by molar-refractivity contribution is 4.87. The lowest BCUT2D eigenvalue weighted by Crippen LogP contribution is -2.58. The highest BCUT2D eigenvalue weighted by Crippen LogP contribution is 2.33. The third-order valence-corrected chi connectivity index (χ3v) is 5.69. The van der Waals surface area contributed by atoms with Crippen molar-refractivity contribution in [1.82, 2.24) is 9.80 Å². The van der Waals surface area contributed by atoms with E-state index in [9.17, 15) is 13.2 Å². The molecule has 0 radical (unpaired) electrons. The molecule has 2 rings (SSSR count). The van der Waals surface area contributed by atoms with Crippen molar-refractivity contribution in [2.75, 3.05) is 40.3 Å². The summed E-state index contributed by atoms with van der Waals surface area (Å²) in [5.74, 6) is 0.317. The quantitative estimate of drug-likeness (QED) is 0.643. The fourth-order valence-corrected chi connectivity index (χ4v) is 4.17. The molecule has 1 aliphatic carbocycles. The van der Waals surface area contributed by atoms with Crippen LogP contribution in [0.15, 0.2) is 0 Å². The van der Waals surface area contributed by atoms with Gasteiger partial charge >= 0.3 is 6.18 Å². The molecule has 2 unspecified atom stereocenters. The van der Waals surface area contributed by atoms with Gasteiger partial charge in [0, 0.05) is 26.7 Å². The van der Waals surface area contributed by atoms with Crippen molar-refractivity contribution >= 4 is 0 Å². The van der Waals surface area contributed by atoms with Gasteiger partial charge in [-0.2, -0.15) is 13.2 Å². The van der Waals surface area contributed by atoms with E-state index in [2.05, 4.69) is 20.8 Å². The summed E-state index contributed by atoms with van der Waals surface area (Å²) in [5.41, 5.74) is -0.256. The molecular formula is C19H35F3N2O2. The van der Waals surface area contributed by atoms with E-state index in [0.717, 1.165) is 25.7 Å². The molecule has 154 valence electrons. The number of piperazine rings is 1. The lowest BCUT2D eigenvalue weighted by atomic mass is 9.88. The molecule has 0 amide bonds. The van der Waals surface area contributed by atoms with Gasteiger partial charge in [-0.05, 0) is 59.0 Å². The summed E-state index contributed by atoms with van der Waals surface area (Å²) in [6.45, 7) is 8.00. The van der Waals surface area contributed by atoms with Crippen LogP contribution in [0.2, 0.25) is 0 Å². The lowest BCUT2D eigenvalue weighted by molar-refractivity contribution is -0.196. The fourth-order valence-electron chi connectivity index (χ4n) is 4.17. The molecule has 1 aliphatic heterocycles. The molecular weight excluding hydrogens is 345 g/mol. The third-order valence-electron chi connectivity index (χ3n) is 5.69. The predicted molar refractivity (Wildman–Crippen MR) is 96.3 cm³/mol. The first-order valence-electron chi connectivity index (χ1n) is 9.70. The molecule has 2 aliphatic rings. The Morgan fingerprint density at radius 3 is 2.35 bits per heavy atom. The van der Waals surface area contributed by atoms with E-state index in [1.807, 2.05) is 0 Å². The molecule has 0 aromatic carbocycles. The third kappa shape index (κ3) is 6.36. The van der Waals surface area contributed by atoms with E-state index in [0.29, 0.717) is 31.7 Å². The minimum atomic E-state index is -4.16. The molecule has 2 atom stereocenters. The summed E-state index contributed by atoms with van der Waals surface area (Å²) in [6, 6.07) is -1.35. The Kier molecular flexibility index (Phi) is 7.38. The standard InChI is InChI=1S/C19H35F3N2O2/c1-14(12-18(2,3)26-16-10-15(11-16)25-5)6-7-24-9-8-23(4)13-17(24)19(20,21)22/h14-17H,6-13H2,1-5H3. The minimum Gasteiger partial charge on any atom is -0.381 e. The number of nitrogens with zero attached hydrogens (tertiary/aromatic N) is 2. The molecule has 1 saturated carbocycles. The second-order valence-corrected chi connectivity index (χ2v) is 8.78. The van der Waals surface area contributed by atoms with E-state index >= 15 is 0 Å². The Bertz CT molecular complexity index is 439. The van der Waals surface area contributed by atoms with Crippen molar-refractivity contribution < 1.29 is 22.6 Å². The number of methoxy groups -OCH3 is 1. The second-order valence-electron chi connectivity index (χ2n) is 8.78. The maximum Gasteiger partial charge on any atom is 0.405 e. The zero-order chi connectivity index (χ0) is 19.5. The van der Waals surface area contributed by atoms with E-state index in [4.69, 9.17) is 9.47 Å². The average Bonchev–Trinajstić information content (AvgIpc) is 2.47. The van der Waals surface area contributed by atoms with Gasteiger partial charge in [0.05, 0.1) is 17.8 Å². The van der Waals surface area contributed by atoms with Crippen LogP contribution < -0.4 is 0 Å². The molecule has 1 heterocycles. The lowest BCUT2D eigenvalue weighted by Gasteiger charge is -2.42. The SMILES string of the molecule is COC1CC(OC(C)(C)CC(C)CCN2CCN(C)CC2C(F)(F)F)C1. The van der Waals surface area contributed by atoms with Crippen LogP contribution in [0.3, 0.4) is 0 Å². The van der Waals surface area contributed by atoms with E-state index in [-0.39, 0.29) is 18.2 Å². The fraction of sp³-hybridized carbons (Fsp3) is 1.00. The summed E-state index contributed by atoms with van der Waals surface area (Å²) >= 11 is 0. The molecule has 4 nitrogen and oxygen atoms in total. The molecule has 0 spiro atoms. The first-order valence-corrected chi connectivity index (χ1v) is 9.70. The van der Waals surface area contributed by atoms with Crippen LogP contribution >= 0.6 is 0 Å². The first-order chi connectivity index (χ1) is 12.0. The molecule has 0 N–H and O–H groups in total. The Balaban J connectivity index is 1.77. The Hall–Kier alpha value is -0.370. The number of rotatable bonds is 8. The van der Waals surface area contributed by atoms with Crippen LogP contribution in [0.5, 0.6) is 0 Å². The Morgan fingerprint density at radius 2 is 1.77 bits per heavy atom. The molecule has 0 aromatic heterocycles. The summed E-state index contributed by atoms with van der Waals surface area (Å²) in [6.07, 6.45) is -0.132. The summed E-state index contributed by atoms with van der Waals surface area (Å²) in [7, 11) is 3.48. The van der Waals surface area contributed by atoms with Gasteiger partial charge in [0.15, 0.2) is 0 Å². The molecule has 2 fully saturated rings. The zero-order valence-electron chi connectivity index (χ0n) is 16.8.